The summed E-state index contributed by atoms with van der Waals surface area (Å²) in [7, 11) is 0. The monoisotopic (exact) mass is 379 g/mol. The number of amides is 3. The molecule has 0 saturated carbocycles. The SMILES string of the molecule is C=NC(=O)CNC(=O)C(C)(C)CCC(C)(C)C(=O)NCCCCCC(=C)C. The van der Waals surface area contributed by atoms with Gasteiger partial charge in [-0.1, -0.05) is 39.7 Å². The molecule has 0 atom stereocenters. The molecule has 27 heavy (non-hydrogen) atoms. The molecule has 0 aliphatic rings. The Balaban J connectivity index is 4.32. The van der Waals surface area contributed by atoms with Crippen LogP contribution in [-0.2, 0) is 14.4 Å². The number of hydrogen-bond acceptors (Lipinski definition) is 3. The van der Waals surface area contributed by atoms with E-state index in [2.05, 4.69) is 28.9 Å². The predicted octanol–water partition coefficient (Wildman–Crippen LogP) is 3.42. The molecule has 6 heteroatoms. The zero-order valence-corrected chi connectivity index (χ0v) is 17.7. The van der Waals surface area contributed by atoms with Gasteiger partial charge in [0.2, 0.25) is 11.8 Å². The van der Waals surface area contributed by atoms with Crippen LogP contribution in [0.1, 0.15) is 73.1 Å². The zero-order chi connectivity index (χ0) is 21.1. The number of rotatable bonds is 13. The molecule has 0 spiro atoms. The molecule has 0 unspecified atom stereocenters. The first kappa shape index (κ1) is 25.0. The second-order valence-electron chi connectivity index (χ2n) is 8.53. The summed E-state index contributed by atoms with van der Waals surface area (Å²) in [6.45, 7) is 17.0. The second kappa shape index (κ2) is 11.7. The maximum atomic E-state index is 12.5. The Labute approximate surface area is 164 Å². The molecule has 6 nitrogen and oxygen atoms in total. The molecule has 0 saturated heterocycles. The van der Waals surface area contributed by atoms with Gasteiger partial charge < -0.3 is 10.6 Å². The molecule has 0 heterocycles. The molecular weight excluding hydrogens is 342 g/mol. The van der Waals surface area contributed by atoms with Crippen molar-refractivity contribution in [3.8, 4) is 0 Å². The van der Waals surface area contributed by atoms with Gasteiger partial charge in [0, 0.05) is 17.4 Å². The van der Waals surface area contributed by atoms with E-state index in [0.29, 0.717) is 19.4 Å². The van der Waals surface area contributed by atoms with Crippen LogP contribution in [0.25, 0.3) is 0 Å². The van der Waals surface area contributed by atoms with Crippen LogP contribution in [0.15, 0.2) is 17.1 Å². The van der Waals surface area contributed by atoms with Gasteiger partial charge in [-0.2, -0.15) is 0 Å². The number of aliphatic imine (C=N–C) groups is 1. The fourth-order valence-corrected chi connectivity index (χ4v) is 2.47. The summed E-state index contributed by atoms with van der Waals surface area (Å²) in [6, 6.07) is 0. The lowest BCUT2D eigenvalue weighted by atomic mass is 9.78. The Morgan fingerprint density at radius 2 is 1.41 bits per heavy atom. The van der Waals surface area contributed by atoms with Crippen molar-refractivity contribution in [1.29, 1.82) is 0 Å². The van der Waals surface area contributed by atoms with Gasteiger partial charge in [0.15, 0.2) is 0 Å². The second-order valence-corrected chi connectivity index (χ2v) is 8.53. The number of unbranched alkanes of at least 4 members (excludes halogenated alkanes) is 2. The van der Waals surface area contributed by atoms with Crippen molar-refractivity contribution in [2.45, 2.75) is 73.1 Å². The molecule has 0 fully saturated rings. The Kier molecular flexibility index (Phi) is 10.8. The number of allylic oxidation sites excluding steroid dienone is 1. The summed E-state index contributed by atoms with van der Waals surface area (Å²) < 4.78 is 0. The highest BCUT2D eigenvalue weighted by molar-refractivity contribution is 5.89. The van der Waals surface area contributed by atoms with Crippen molar-refractivity contribution in [3.05, 3.63) is 12.2 Å². The van der Waals surface area contributed by atoms with Crippen LogP contribution in [0.5, 0.6) is 0 Å². The van der Waals surface area contributed by atoms with E-state index in [1.54, 1.807) is 0 Å². The van der Waals surface area contributed by atoms with Crippen molar-refractivity contribution < 1.29 is 14.4 Å². The number of carbonyl (C=O) groups is 3. The van der Waals surface area contributed by atoms with E-state index in [-0.39, 0.29) is 18.4 Å². The summed E-state index contributed by atoms with van der Waals surface area (Å²) in [5.41, 5.74) is -0.0492. The summed E-state index contributed by atoms with van der Waals surface area (Å²) >= 11 is 0. The van der Waals surface area contributed by atoms with Gasteiger partial charge in [-0.15, -0.1) is 6.58 Å². The molecule has 0 bridgehead atoms. The van der Waals surface area contributed by atoms with Gasteiger partial charge in [0.05, 0.1) is 6.54 Å². The molecule has 154 valence electrons. The van der Waals surface area contributed by atoms with Crippen molar-refractivity contribution in [2.24, 2.45) is 15.8 Å². The number of carbonyl (C=O) groups excluding carboxylic acids is 3. The largest absolute Gasteiger partial charge is 0.356 e. The number of nitrogens with zero attached hydrogens (tertiary/aromatic N) is 1. The van der Waals surface area contributed by atoms with Gasteiger partial charge in [-0.05, 0) is 45.7 Å². The fourth-order valence-electron chi connectivity index (χ4n) is 2.47. The van der Waals surface area contributed by atoms with Crippen molar-refractivity contribution in [1.82, 2.24) is 10.6 Å². The molecule has 3 amide bonds. The fraction of sp³-hybridized carbons (Fsp3) is 0.714. The van der Waals surface area contributed by atoms with Gasteiger partial charge in [0.25, 0.3) is 5.91 Å². The van der Waals surface area contributed by atoms with Crippen LogP contribution in [0.4, 0.5) is 0 Å². The topological polar surface area (TPSA) is 87.6 Å². The molecule has 0 aliphatic heterocycles. The van der Waals surface area contributed by atoms with Gasteiger partial charge in [-0.3, -0.25) is 14.4 Å². The summed E-state index contributed by atoms with van der Waals surface area (Å²) in [5, 5.41) is 5.57. The Morgan fingerprint density at radius 3 is 1.89 bits per heavy atom. The highest BCUT2D eigenvalue weighted by Gasteiger charge is 2.33. The molecule has 0 aromatic heterocycles. The van der Waals surface area contributed by atoms with Crippen molar-refractivity contribution >= 4 is 24.4 Å². The summed E-state index contributed by atoms with van der Waals surface area (Å²) in [5.74, 6) is -0.694. The third-order valence-corrected chi connectivity index (χ3v) is 4.75. The minimum Gasteiger partial charge on any atom is -0.356 e. The van der Waals surface area contributed by atoms with Crippen LogP contribution in [-0.4, -0.2) is 37.5 Å². The van der Waals surface area contributed by atoms with Crippen molar-refractivity contribution in [2.75, 3.05) is 13.1 Å². The third kappa shape index (κ3) is 10.7. The predicted molar refractivity (Wildman–Crippen MR) is 111 cm³/mol. The Hall–Kier alpha value is -1.98. The first-order valence-electron chi connectivity index (χ1n) is 9.63. The molecule has 0 radical (unpaired) electrons. The smallest absolute Gasteiger partial charge is 0.264 e. The van der Waals surface area contributed by atoms with Crippen LogP contribution < -0.4 is 10.6 Å². The van der Waals surface area contributed by atoms with E-state index in [1.165, 1.54) is 5.57 Å². The van der Waals surface area contributed by atoms with Crippen LogP contribution in [0.2, 0.25) is 0 Å². The van der Waals surface area contributed by atoms with E-state index < -0.39 is 16.7 Å². The zero-order valence-electron chi connectivity index (χ0n) is 17.7. The summed E-state index contributed by atoms with van der Waals surface area (Å²) in [4.78, 5) is 39.1. The van der Waals surface area contributed by atoms with E-state index in [9.17, 15) is 14.4 Å². The van der Waals surface area contributed by atoms with Crippen LogP contribution >= 0.6 is 0 Å². The van der Waals surface area contributed by atoms with Crippen molar-refractivity contribution in [3.63, 3.8) is 0 Å². The van der Waals surface area contributed by atoms with E-state index in [1.807, 2.05) is 34.6 Å². The molecule has 0 rings (SSSR count). The maximum absolute atomic E-state index is 12.5. The normalized spacial score (nSPS) is 11.6. The van der Waals surface area contributed by atoms with Gasteiger partial charge >= 0.3 is 0 Å². The molecule has 0 aromatic carbocycles. The van der Waals surface area contributed by atoms with Gasteiger partial charge in [-0.25, -0.2) is 4.99 Å². The average Bonchev–Trinajstić information content (AvgIpc) is 2.60. The standard InChI is InChI=1S/C21H37N3O3/c1-16(2)11-9-8-10-14-23-18(26)20(3,4)12-13-21(5,6)19(27)24-15-17(25)22-7/h1,7-15H2,2-6H3,(H,23,26)(H,24,27). The first-order valence-corrected chi connectivity index (χ1v) is 9.63. The highest BCUT2D eigenvalue weighted by Crippen LogP contribution is 2.31. The highest BCUT2D eigenvalue weighted by atomic mass is 16.2. The average molecular weight is 380 g/mol. The maximum Gasteiger partial charge on any atom is 0.264 e. The quantitative estimate of drug-likeness (QED) is 0.292. The van der Waals surface area contributed by atoms with E-state index >= 15 is 0 Å². The molecule has 0 aromatic rings. The van der Waals surface area contributed by atoms with Crippen LogP contribution in [0.3, 0.4) is 0 Å². The Morgan fingerprint density at radius 1 is 0.889 bits per heavy atom. The molecule has 0 aliphatic carbocycles. The van der Waals surface area contributed by atoms with Crippen LogP contribution in [0, 0.1) is 10.8 Å². The minimum absolute atomic E-state index is 0.00430. The van der Waals surface area contributed by atoms with E-state index in [4.69, 9.17) is 0 Å². The lowest BCUT2D eigenvalue weighted by molar-refractivity contribution is -0.134. The Bertz CT molecular complexity index is 551. The molecule has 2 N–H and O–H groups in total. The first-order chi connectivity index (χ1) is 12.4. The van der Waals surface area contributed by atoms with Gasteiger partial charge in [0.1, 0.15) is 0 Å². The van der Waals surface area contributed by atoms with E-state index in [0.717, 1.165) is 25.7 Å². The summed E-state index contributed by atoms with van der Waals surface area (Å²) in [6.07, 6.45) is 5.26. The lowest BCUT2D eigenvalue weighted by Crippen LogP contribution is -2.42. The number of hydrogen-bond donors (Lipinski definition) is 2. The lowest BCUT2D eigenvalue weighted by Gasteiger charge is -2.29. The minimum atomic E-state index is -0.679. The third-order valence-electron chi connectivity index (χ3n) is 4.75. The number of nitrogens with one attached hydrogen (secondary N) is 2. The molecular formula is C21H37N3O3.